The smallest absolute Gasteiger partial charge is 0.342 e. The molecule has 0 fully saturated rings. The van der Waals surface area contributed by atoms with Crippen LogP contribution in [0.3, 0.4) is 0 Å². The first-order chi connectivity index (χ1) is 16.5. The number of sulfone groups is 1. The summed E-state index contributed by atoms with van der Waals surface area (Å²) < 4.78 is 36.3. The van der Waals surface area contributed by atoms with Crippen molar-refractivity contribution in [2.75, 3.05) is 31.9 Å². The number of rotatable bonds is 5. The molecule has 0 N–H and O–H groups in total. The van der Waals surface area contributed by atoms with Gasteiger partial charge >= 0.3 is 11.9 Å². The van der Waals surface area contributed by atoms with Crippen molar-refractivity contribution in [3.8, 4) is 0 Å². The molecule has 0 radical (unpaired) electrons. The van der Waals surface area contributed by atoms with Crippen molar-refractivity contribution in [2.24, 2.45) is 5.92 Å². The molecule has 0 saturated heterocycles. The van der Waals surface area contributed by atoms with Gasteiger partial charge in [-0.05, 0) is 18.1 Å². The maximum atomic E-state index is 12.4. The highest BCUT2D eigenvalue weighted by atomic mass is 35.5. The summed E-state index contributed by atoms with van der Waals surface area (Å²) in [5, 5.41) is -0.0241. The summed E-state index contributed by atoms with van der Waals surface area (Å²) in [5.41, 5.74) is 1.06. The lowest BCUT2D eigenvalue weighted by atomic mass is 10.00. The van der Waals surface area contributed by atoms with Crippen molar-refractivity contribution in [1.82, 2.24) is 19.5 Å². The van der Waals surface area contributed by atoms with E-state index in [1.807, 2.05) is 23.3 Å². The topological polar surface area (TPSA) is 134 Å². The van der Waals surface area contributed by atoms with Crippen LogP contribution in [0.1, 0.15) is 46.4 Å². The zero-order valence-electron chi connectivity index (χ0n) is 19.8. The summed E-state index contributed by atoms with van der Waals surface area (Å²) in [7, 11) is -1.27. The fourth-order valence-electron chi connectivity index (χ4n) is 4.31. The number of carbonyl (C=O) groups is 2. The van der Waals surface area contributed by atoms with Crippen molar-refractivity contribution in [1.29, 1.82) is 0 Å². The largest absolute Gasteiger partial charge is 0.465 e. The van der Waals surface area contributed by atoms with Gasteiger partial charge in [0.2, 0.25) is 5.95 Å². The average molecular weight is 522 g/mol. The fourth-order valence-corrected chi connectivity index (χ4v) is 5.38. The molecule has 1 aromatic carbocycles. The minimum Gasteiger partial charge on any atom is -0.465 e. The molecule has 2 aromatic heterocycles. The second-order valence-electron chi connectivity index (χ2n) is 8.47. The molecule has 0 spiro atoms. The molecule has 0 aliphatic carbocycles. The number of carbonyl (C=O) groups excluding carboxylic acids is 2. The molecule has 11 nitrogen and oxygen atoms in total. The highest BCUT2D eigenvalue weighted by molar-refractivity contribution is 7.90. The fraction of sp³-hybridized carbons (Fsp3) is 0.409. The van der Waals surface area contributed by atoms with Crippen LogP contribution in [0.25, 0.3) is 11.0 Å². The minimum absolute atomic E-state index is 0.0241. The number of hydrogen-bond donors (Lipinski definition) is 0. The van der Waals surface area contributed by atoms with E-state index in [-0.39, 0.29) is 33.1 Å². The van der Waals surface area contributed by atoms with Gasteiger partial charge in [0, 0.05) is 25.5 Å². The Bertz CT molecular complexity index is 1450. The van der Waals surface area contributed by atoms with Crippen molar-refractivity contribution >= 4 is 50.4 Å². The van der Waals surface area contributed by atoms with Gasteiger partial charge in [0.25, 0.3) is 0 Å². The van der Waals surface area contributed by atoms with Crippen LogP contribution in [0, 0.1) is 5.92 Å². The molecule has 0 amide bonds. The Morgan fingerprint density at radius 3 is 2.31 bits per heavy atom. The van der Waals surface area contributed by atoms with Crippen LogP contribution in [-0.2, 0) is 25.9 Å². The third-order valence-corrected chi connectivity index (χ3v) is 7.30. The Morgan fingerprint density at radius 1 is 1.09 bits per heavy atom. The lowest BCUT2D eigenvalue weighted by Gasteiger charge is -2.38. The normalized spacial score (nSPS) is 15.9. The standard InChI is InChI=1S/C22H24ClN5O6S/c1-11(2)17-19-25-14-8-12(20(29)33-3)16(35(5,31)32)9-15(14)27(19)6-7-28(17)22-24-10-13(18(23)26-22)21(30)34-4/h8-11,17H,6-7H2,1-5H3/t17-/m1/s1. The van der Waals surface area contributed by atoms with E-state index in [0.29, 0.717) is 35.9 Å². The van der Waals surface area contributed by atoms with Gasteiger partial charge in [0.1, 0.15) is 16.5 Å². The van der Waals surface area contributed by atoms with E-state index in [0.717, 1.165) is 6.26 Å². The number of ether oxygens (including phenoxy) is 2. The second-order valence-corrected chi connectivity index (χ2v) is 10.8. The Labute approximate surface area is 206 Å². The van der Waals surface area contributed by atoms with Crippen molar-refractivity contribution in [3.05, 3.63) is 40.4 Å². The van der Waals surface area contributed by atoms with E-state index < -0.39 is 21.8 Å². The van der Waals surface area contributed by atoms with Crippen LogP contribution in [-0.4, -0.2) is 66.9 Å². The molecule has 0 saturated carbocycles. The van der Waals surface area contributed by atoms with Gasteiger partial charge in [0.15, 0.2) is 9.84 Å². The van der Waals surface area contributed by atoms with E-state index in [9.17, 15) is 18.0 Å². The number of imidazole rings is 1. The Balaban J connectivity index is 1.86. The number of aromatic nitrogens is 4. The number of fused-ring (bicyclic) bond motifs is 3. The number of methoxy groups -OCH3 is 2. The number of halogens is 1. The molecule has 3 heterocycles. The summed E-state index contributed by atoms with van der Waals surface area (Å²) in [5.74, 6) is -0.353. The van der Waals surface area contributed by atoms with E-state index in [2.05, 4.69) is 9.97 Å². The Kier molecular flexibility index (Phi) is 6.45. The van der Waals surface area contributed by atoms with Crippen LogP contribution in [0.4, 0.5) is 5.95 Å². The molecule has 0 bridgehead atoms. The van der Waals surface area contributed by atoms with Crippen LogP contribution in [0.5, 0.6) is 0 Å². The summed E-state index contributed by atoms with van der Waals surface area (Å²) in [6.45, 7) is 4.95. The number of anilines is 1. The first kappa shape index (κ1) is 24.9. The highest BCUT2D eigenvalue weighted by Gasteiger charge is 2.35. The molecule has 1 atom stereocenters. The molecule has 13 heteroatoms. The zero-order chi connectivity index (χ0) is 25.7. The van der Waals surface area contributed by atoms with Crippen LogP contribution in [0.2, 0.25) is 5.15 Å². The molecule has 0 unspecified atom stereocenters. The van der Waals surface area contributed by atoms with E-state index >= 15 is 0 Å². The molecule has 4 rings (SSSR count). The van der Waals surface area contributed by atoms with E-state index in [1.165, 1.54) is 32.5 Å². The maximum Gasteiger partial charge on any atom is 0.342 e. The number of benzene rings is 1. The molecular formula is C22H24ClN5O6S. The van der Waals surface area contributed by atoms with Crippen molar-refractivity contribution in [2.45, 2.75) is 31.3 Å². The summed E-state index contributed by atoms with van der Waals surface area (Å²) in [4.78, 5) is 39.4. The Morgan fingerprint density at radius 2 is 1.74 bits per heavy atom. The SMILES string of the molecule is COC(=O)c1cc2nc3n(c2cc1S(C)(=O)=O)CCN(c1ncc(C(=O)OC)c(Cl)n1)[C@@H]3C(C)C. The first-order valence-corrected chi connectivity index (χ1v) is 12.9. The summed E-state index contributed by atoms with van der Waals surface area (Å²) >= 11 is 6.23. The average Bonchev–Trinajstić information content (AvgIpc) is 3.18. The number of esters is 2. The lowest BCUT2D eigenvalue weighted by molar-refractivity contribution is 0.0589. The lowest BCUT2D eigenvalue weighted by Crippen LogP contribution is -2.42. The molecule has 35 heavy (non-hydrogen) atoms. The van der Waals surface area contributed by atoms with Gasteiger partial charge in [-0.15, -0.1) is 0 Å². The monoisotopic (exact) mass is 521 g/mol. The predicted molar refractivity (Wildman–Crippen MR) is 127 cm³/mol. The zero-order valence-corrected chi connectivity index (χ0v) is 21.3. The van der Waals surface area contributed by atoms with E-state index in [1.54, 1.807) is 0 Å². The predicted octanol–water partition coefficient (Wildman–Crippen LogP) is 2.67. The van der Waals surface area contributed by atoms with E-state index in [4.69, 9.17) is 26.1 Å². The highest BCUT2D eigenvalue weighted by Crippen LogP contribution is 2.37. The third-order valence-electron chi connectivity index (χ3n) is 5.87. The van der Waals surface area contributed by atoms with Crippen LogP contribution in [0.15, 0.2) is 23.2 Å². The molecule has 1 aliphatic heterocycles. The minimum atomic E-state index is -3.71. The molecule has 186 valence electrons. The molecular weight excluding hydrogens is 498 g/mol. The van der Waals surface area contributed by atoms with Crippen molar-refractivity contribution in [3.63, 3.8) is 0 Å². The van der Waals surface area contributed by atoms with Gasteiger partial charge in [0.05, 0.1) is 41.8 Å². The summed E-state index contributed by atoms with van der Waals surface area (Å²) in [6.07, 6.45) is 2.37. The van der Waals surface area contributed by atoms with Crippen molar-refractivity contribution < 1.29 is 27.5 Å². The quantitative estimate of drug-likeness (QED) is 0.364. The number of nitrogens with zero attached hydrogens (tertiary/aromatic N) is 5. The van der Waals surface area contributed by atoms with Crippen LogP contribution < -0.4 is 4.90 Å². The third kappa shape index (κ3) is 4.31. The maximum absolute atomic E-state index is 12.4. The Hall–Kier alpha value is -3.25. The van der Waals surface area contributed by atoms with Gasteiger partial charge in [-0.1, -0.05) is 25.4 Å². The molecule has 1 aliphatic rings. The molecule has 3 aromatic rings. The second kappa shape index (κ2) is 9.08. The van der Waals surface area contributed by atoms with Gasteiger partial charge in [-0.25, -0.2) is 33.0 Å². The summed E-state index contributed by atoms with van der Waals surface area (Å²) in [6, 6.07) is 2.63. The van der Waals surface area contributed by atoms with Gasteiger partial charge in [-0.3, -0.25) is 0 Å². The van der Waals surface area contributed by atoms with Crippen LogP contribution >= 0.6 is 11.6 Å². The van der Waals surface area contributed by atoms with Gasteiger partial charge < -0.3 is 18.9 Å². The van der Waals surface area contributed by atoms with Gasteiger partial charge in [-0.2, -0.15) is 0 Å². The first-order valence-electron chi connectivity index (χ1n) is 10.7. The number of hydrogen-bond acceptors (Lipinski definition) is 10.